The van der Waals surface area contributed by atoms with Crippen LogP contribution >= 0.6 is 0 Å². The fraction of sp³-hybridized carbons (Fsp3) is 0.240. The molecule has 4 nitrogen and oxygen atoms in total. The lowest BCUT2D eigenvalue weighted by Gasteiger charge is -2.41. The molecule has 0 amide bonds. The van der Waals surface area contributed by atoms with Crippen molar-refractivity contribution in [2.45, 2.75) is 31.3 Å². The Balaban J connectivity index is 1.84. The van der Waals surface area contributed by atoms with Crippen LogP contribution in [0.1, 0.15) is 52.6 Å². The lowest BCUT2D eigenvalue weighted by atomic mass is 9.71. The van der Waals surface area contributed by atoms with E-state index in [2.05, 4.69) is 77.7 Å². The van der Waals surface area contributed by atoms with Gasteiger partial charge in [0.15, 0.2) is 0 Å². The fourth-order valence-corrected chi connectivity index (χ4v) is 4.59. The van der Waals surface area contributed by atoms with Crippen LogP contribution in [-0.4, -0.2) is 12.0 Å². The number of hydrogen-bond acceptors (Lipinski definition) is 4. The number of anilines is 1. The van der Waals surface area contributed by atoms with Gasteiger partial charge in [-0.2, -0.15) is 0 Å². The van der Waals surface area contributed by atoms with Gasteiger partial charge >= 0.3 is 0 Å². The van der Waals surface area contributed by atoms with Gasteiger partial charge in [0.05, 0.1) is 6.04 Å². The molecular formula is C25H28N4. The topological polar surface area (TPSA) is 63.0 Å². The zero-order valence-corrected chi connectivity index (χ0v) is 17.0. The van der Waals surface area contributed by atoms with Crippen LogP contribution in [0.15, 0.2) is 73.6 Å². The molecule has 0 aliphatic carbocycles. The maximum Gasteiger partial charge on any atom is 0.0589 e. The first-order valence-electron chi connectivity index (χ1n) is 10.1. The minimum absolute atomic E-state index is 0.150. The molecule has 3 atom stereocenters. The second-order valence-electron chi connectivity index (χ2n) is 7.78. The molecule has 4 heteroatoms. The number of nitrogens with zero attached hydrogens (tertiary/aromatic N) is 1. The molecule has 2 aromatic carbocycles. The molecule has 0 saturated heterocycles. The molecular weight excluding hydrogens is 356 g/mol. The maximum absolute atomic E-state index is 6.15. The highest BCUT2D eigenvalue weighted by molar-refractivity contribution is 5.73. The van der Waals surface area contributed by atoms with E-state index in [0.29, 0.717) is 5.70 Å². The molecule has 0 saturated carbocycles. The van der Waals surface area contributed by atoms with Gasteiger partial charge < -0.3 is 16.4 Å². The second-order valence-corrected chi connectivity index (χ2v) is 7.78. The van der Waals surface area contributed by atoms with E-state index in [1.165, 1.54) is 22.3 Å². The van der Waals surface area contributed by atoms with Crippen LogP contribution < -0.4 is 16.4 Å². The van der Waals surface area contributed by atoms with Crippen molar-refractivity contribution in [1.29, 1.82) is 0 Å². The van der Waals surface area contributed by atoms with Gasteiger partial charge in [0, 0.05) is 41.8 Å². The predicted octanol–water partition coefficient (Wildman–Crippen LogP) is 4.78. The molecule has 0 radical (unpaired) electrons. The number of rotatable bonds is 5. The zero-order chi connectivity index (χ0) is 20.4. The number of hydrogen-bond donors (Lipinski definition) is 3. The van der Waals surface area contributed by atoms with Crippen LogP contribution in [0.5, 0.6) is 0 Å². The Hall–Kier alpha value is -3.11. The molecule has 1 aliphatic rings. The highest BCUT2D eigenvalue weighted by Gasteiger charge is 2.37. The Bertz CT molecular complexity index is 995. The predicted molar refractivity (Wildman–Crippen MR) is 121 cm³/mol. The Morgan fingerprint density at radius 1 is 1.07 bits per heavy atom. The van der Waals surface area contributed by atoms with Gasteiger partial charge in [-0.3, -0.25) is 4.98 Å². The van der Waals surface area contributed by atoms with Crippen LogP contribution in [0.4, 0.5) is 5.69 Å². The quantitative estimate of drug-likeness (QED) is 0.592. The summed E-state index contributed by atoms with van der Waals surface area (Å²) in [5.41, 5.74) is 14.0. The molecule has 3 unspecified atom stereocenters. The van der Waals surface area contributed by atoms with E-state index in [-0.39, 0.29) is 17.9 Å². The largest absolute Gasteiger partial charge is 0.399 e. The zero-order valence-electron chi connectivity index (χ0n) is 17.0. The summed E-state index contributed by atoms with van der Waals surface area (Å²) in [4.78, 5) is 4.21. The van der Waals surface area contributed by atoms with Gasteiger partial charge in [0.25, 0.3) is 0 Å². The molecule has 3 aromatic rings. The molecule has 0 fully saturated rings. The number of nitrogens with one attached hydrogen (secondary N) is 2. The lowest BCUT2D eigenvalue weighted by Crippen LogP contribution is -2.30. The molecule has 148 valence electrons. The molecule has 4 rings (SSSR count). The summed E-state index contributed by atoms with van der Waals surface area (Å²) < 4.78 is 0. The molecule has 0 spiro atoms. The SMILES string of the molecule is C=C(N)c1cccc2c1C(C)C(c1ccc(CNC)cc1)C(c1ccncc1)N2. The van der Waals surface area contributed by atoms with Crippen molar-refractivity contribution in [1.82, 2.24) is 10.3 Å². The first-order chi connectivity index (χ1) is 14.1. The van der Waals surface area contributed by atoms with E-state index in [9.17, 15) is 0 Å². The van der Waals surface area contributed by atoms with E-state index in [1.54, 1.807) is 0 Å². The molecule has 1 aromatic heterocycles. The average Bonchev–Trinajstić information content (AvgIpc) is 2.75. The maximum atomic E-state index is 6.15. The van der Waals surface area contributed by atoms with Crippen molar-refractivity contribution in [3.63, 3.8) is 0 Å². The van der Waals surface area contributed by atoms with E-state index in [4.69, 9.17) is 5.73 Å². The summed E-state index contributed by atoms with van der Waals surface area (Å²) in [7, 11) is 1.97. The highest BCUT2D eigenvalue weighted by Crippen LogP contribution is 2.51. The molecule has 2 heterocycles. The van der Waals surface area contributed by atoms with Crippen LogP contribution in [0, 0.1) is 0 Å². The van der Waals surface area contributed by atoms with Gasteiger partial charge in [0.2, 0.25) is 0 Å². The van der Waals surface area contributed by atoms with Gasteiger partial charge in [-0.25, -0.2) is 0 Å². The summed E-state index contributed by atoms with van der Waals surface area (Å²) in [5.74, 6) is 0.533. The average molecular weight is 385 g/mol. The van der Waals surface area contributed by atoms with Crippen LogP contribution in [0.25, 0.3) is 5.70 Å². The van der Waals surface area contributed by atoms with E-state index in [0.717, 1.165) is 17.8 Å². The van der Waals surface area contributed by atoms with Gasteiger partial charge in [-0.15, -0.1) is 0 Å². The Kier molecular flexibility index (Phi) is 5.36. The molecule has 4 N–H and O–H groups in total. The lowest BCUT2D eigenvalue weighted by molar-refractivity contribution is 0.486. The van der Waals surface area contributed by atoms with Crippen molar-refractivity contribution in [3.05, 3.63) is 101 Å². The van der Waals surface area contributed by atoms with Crippen molar-refractivity contribution < 1.29 is 0 Å². The Labute approximate surface area is 172 Å². The smallest absolute Gasteiger partial charge is 0.0589 e. The third-order valence-electron chi connectivity index (χ3n) is 5.93. The van der Waals surface area contributed by atoms with Crippen LogP contribution in [-0.2, 0) is 6.54 Å². The number of pyridine rings is 1. The molecule has 1 aliphatic heterocycles. The number of benzene rings is 2. The molecule has 0 bridgehead atoms. The van der Waals surface area contributed by atoms with E-state index >= 15 is 0 Å². The minimum atomic E-state index is 0.150. The summed E-state index contributed by atoms with van der Waals surface area (Å²) in [6, 6.07) is 19.5. The number of aromatic nitrogens is 1. The normalized spacial score (nSPS) is 20.6. The summed E-state index contributed by atoms with van der Waals surface area (Å²) in [6.45, 7) is 7.18. The first-order valence-corrected chi connectivity index (χ1v) is 10.1. The van der Waals surface area contributed by atoms with E-state index in [1.807, 2.05) is 25.5 Å². The van der Waals surface area contributed by atoms with Crippen LogP contribution in [0.2, 0.25) is 0 Å². The van der Waals surface area contributed by atoms with Gasteiger partial charge in [-0.05, 0) is 53.4 Å². The van der Waals surface area contributed by atoms with Gasteiger partial charge in [0.1, 0.15) is 0 Å². The summed E-state index contributed by atoms with van der Waals surface area (Å²) in [5, 5.41) is 7.01. The van der Waals surface area contributed by atoms with Crippen molar-refractivity contribution in [2.24, 2.45) is 5.73 Å². The fourth-order valence-electron chi connectivity index (χ4n) is 4.59. The van der Waals surface area contributed by atoms with Crippen molar-refractivity contribution in [3.8, 4) is 0 Å². The second kappa shape index (κ2) is 8.10. The third-order valence-corrected chi connectivity index (χ3v) is 5.93. The Morgan fingerprint density at radius 3 is 2.45 bits per heavy atom. The standard InChI is InChI=1S/C25H28N4/c1-16-23(19-9-7-18(8-10-19)15-27-3)25(20-11-13-28-14-12-20)29-22-6-4-5-21(17(2)26)24(16)22/h4-14,16,23,25,27,29H,2,15,26H2,1,3H3. The minimum Gasteiger partial charge on any atom is -0.399 e. The van der Waals surface area contributed by atoms with Crippen molar-refractivity contribution >= 4 is 11.4 Å². The van der Waals surface area contributed by atoms with E-state index < -0.39 is 0 Å². The summed E-state index contributed by atoms with van der Waals surface area (Å²) in [6.07, 6.45) is 3.73. The van der Waals surface area contributed by atoms with Gasteiger partial charge in [-0.1, -0.05) is 49.9 Å². The number of nitrogens with two attached hydrogens (primary N) is 1. The first kappa shape index (κ1) is 19.2. The monoisotopic (exact) mass is 384 g/mol. The Morgan fingerprint density at radius 2 is 1.79 bits per heavy atom. The summed E-state index contributed by atoms with van der Waals surface area (Å²) >= 11 is 0. The number of fused-ring (bicyclic) bond motifs is 1. The van der Waals surface area contributed by atoms with Crippen molar-refractivity contribution in [2.75, 3.05) is 12.4 Å². The van der Waals surface area contributed by atoms with Crippen LogP contribution in [0.3, 0.4) is 0 Å². The molecule has 29 heavy (non-hydrogen) atoms. The third kappa shape index (κ3) is 3.64. The highest BCUT2D eigenvalue weighted by atomic mass is 15.0.